The normalized spacial score (nSPS) is 51.2. The molecule has 1 spiro atoms. The summed E-state index contributed by atoms with van der Waals surface area (Å²) in [6.07, 6.45) is 0.652. The van der Waals surface area contributed by atoms with E-state index >= 15 is 0 Å². The second-order valence-electron chi connectivity index (χ2n) is 12.7. The number of fused-ring (bicyclic) bond motifs is 3. The predicted octanol–water partition coefficient (Wildman–Crippen LogP) is 2.08. The zero-order chi connectivity index (χ0) is 26.3. The van der Waals surface area contributed by atoms with Crippen LogP contribution in [0.3, 0.4) is 0 Å². The third kappa shape index (κ3) is 3.45. The molecule has 10 atom stereocenters. The van der Waals surface area contributed by atoms with Crippen molar-refractivity contribution in [3.8, 4) is 0 Å². The van der Waals surface area contributed by atoms with Crippen LogP contribution < -0.4 is 0 Å². The average Bonchev–Trinajstić information content (AvgIpc) is 3.02. The lowest BCUT2D eigenvalue weighted by molar-refractivity contribution is -0.401. The molecule has 0 amide bonds. The van der Waals surface area contributed by atoms with Gasteiger partial charge in [0.25, 0.3) is 0 Å². The van der Waals surface area contributed by atoms with Gasteiger partial charge in [-0.1, -0.05) is 6.92 Å². The van der Waals surface area contributed by atoms with Gasteiger partial charge in [0.15, 0.2) is 5.79 Å². The Morgan fingerprint density at radius 2 is 1.81 bits per heavy atom. The van der Waals surface area contributed by atoms with Gasteiger partial charge in [-0.3, -0.25) is 9.59 Å². The molecule has 0 aromatic heterocycles. The SMILES string of the molecule is CCOC(=O)[C@@H]1CC[C@]2(O)[C@@H]3CC[C@]4(O)C[C@H](OC(C)=O)C[C@@H]5OC(C)(C)OC[C@@]54[C@@H]3[C@H](O)C[C@@]12C. The van der Waals surface area contributed by atoms with E-state index in [0.29, 0.717) is 32.1 Å². The smallest absolute Gasteiger partial charge is 0.309 e. The number of aliphatic hydroxyl groups is 3. The Morgan fingerprint density at radius 1 is 1.08 bits per heavy atom. The molecule has 0 unspecified atom stereocenters. The Balaban J connectivity index is 1.57. The summed E-state index contributed by atoms with van der Waals surface area (Å²) in [6, 6.07) is 0. The summed E-state index contributed by atoms with van der Waals surface area (Å²) in [6.45, 7) is 9.11. The van der Waals surface area contributed by atoms with Crippen molar-refractivity contribution in [1.29, 1.82) is 0 Å². The zero-order valence-corrected chi connectivity index (χ0v) is 22.1. The lowest BCUT2D eigenvalue weighted by Crippen LogP contribution is -2.78. The van der Waals surface area contributed by atoms with E-state index in [0.717, 1.165) is 0 Å². The Bertz CT molecular complexity index is 921. The minimum Gasteiger partial charge on any atom is -0.466 e. The average molecular weight is 511 g/mol. The Hall–Kier alpha value is -1.26. The largest absolute Gasteiger partial charge is 0.466 e. The highest BCUT2D eigenvalue weighted by molar-refractivity contribution is 5.74. The van der Waals surface area contributed by atoms with Crippen molar-refractivity contribution in [2.24, 2.45) is 28.6 Å². The van der Waals surface area contributed by atoms with Gasteiger partial charge in [0, 0.05) is 31.1 Å². The van der Waals surface area contributed by atoms with Crippen molar-refractivity contribution in [3.05, 3.63) is 0 Å². The summed E-state index contributed by atoms with van der Waals surface area (Å²) in [5, 5.41) is 36.4. The predicted molar refractivity (Wildman–Crippen MR) is 126 cm³/mol. The molecule has 1 heterocycles. The van der Waals surface area contributed by atoms with Crippen LogP contribution in [-0.4, -0.2) is 75.8 Å². The second kappa shape index (κ2) is 8.37. The maximum Gasteiger partial charge on any atom is 0.309 e. The summed E-state index contributed by atoms with van der Waals surface area (Å²) >= 11 is 0. The first-order chi connectivity index (χ1) is 16.7. The van der Waals surface area contributed by atoms with Crippen LogP contribution in [0.4, 0.5) is 0 Å². The monoisotopic (exact) mass is 510 g/mol. The third-order valence-electron chi connectivity index (χ3n) is 10.6. The number of carbonyl (C=O) groups is 2. The molecule has 204 valence electrons. The molecule has 1 saturated heterocycles. The fourth-order valence-electron chi connectivity index (χ4n) is 9.19. The molecule has 0 aromatic rings. The van der Waals surface area contributed by atoms with Crippen molar-refractivity contribution < 1.29 is 43.9 Å². The van der Waals surface area contributed by atoms with Crippen LogP contribution in [-0.2, 0) is 28.5 Å². The topological polar surface area (TPSA) is 132 Å². The third-order valence-corrected chi connectivity index (χ3v) is 10.6. The highest BCUT2D eigenvalue weighted by Gasteiger charge is 2.77. The van der Waals surface area contributed by atoms with Gasteiger partial charge in [0.2, 0.25) is 0 Å². The van der Waals surface area contributed by atoms with E-state index in [1.165, 1.54) is 6.92 Å². The highest BCUT2D eigenvalue weighted by Crippen LogP contribution is 2.71. The molecule has 5 fully saturated rings. The maximum atomic E-state index is 12.9. The molecule has 0 aromatic carbocycles. The molecular formula is C27H42O9. The van der Waals surface area contributed by atoms with Crippen LogP contribution in [0.5, 0.6) is 0 Å². The summed E-state index contributed by atoms with van der Waals surface area (Å²) in [4.78, 5) is 24.7. The number of hydrogen-bond acceptors (Lipinski definition) is 9. The van der Waals surface area contributed by atoms with Gasteiger partial charge in [-0.25, -0.2) is 0 Å². The lowest BCUT2D eigenvalue weighted by atomic mass is 9.40. The van der Waals surface area contributed by atoms with Crippen molar-refractivity contribution >= 4 is 11.9 Å². The molecule has 5 rings (SSSR count). The molecule has 9 nitrogen and oxygen atoms in total. The van der Waals surface area contributed by atoms with Crippen LogP contribution in [0.15, 0.2) is 0 Å². The van der Waals surface area contributed by atoms with Gasteiger partial charge in [-0.15, -0.1) is 0 Å². The quantitative estimate of drug-likeness (QED) is 0.488. The number of aliphatic hydroxyl groups excluding tert-OH is 1. The van der Waals surface area contributed by atoms with Gasteiger partial charge in [-0.05, 0) is 58.8 Å². The van der Waals surface area contributed by atoms with E-state index in [-0.39, 0.29) is 37.9 Å². The number of rotatable bonds is 3. The van der Waals surface area contributed by atoms with E-state index in [9.17, 15) is 24.9 Å². The number of hydrogen-bond donors (Lipinski definition) is 3. The van der Waals surface area contributed by atoms with Crippen LogP contribution in [0, 0.1) is 28.6 Å². The molecule has 4 aliphatic carbocycles. The van der Waals surface area contributed by atoms with Gasteiger partial charge in [-0.2, -0.15) is 0 Å². The van der Waals surface area contributed by atoms with E-state index in [1.807, 2.05) is 20.8 Å². The van der Waals surface area contributed by atoms with Gasteiger partial charge < -0.3 is 34.3 Å². The fraction of sp³-hybridized carbons (Fsp3) is 0.926. The first kappa shape index (κ1) is 26.4. The molecule has 0 bridgehead atoms. The van der Waals surface area contributed by atoms with Crippen molar-refractivity contribution in [2.75, 3.05) is 13.2 Å². The minimum atomic E-state index is -1.31. The first-order valence-electron chi connectivity index (χ1n) is 13.5. The van der Waals surface area contributed by atoms with Crippen LogP contribution in [0.1, 0.15) is 79.6 Å². The molecule has 5 aliphatic rings. The Morgan fingerprint density at radius 3 is 2.47 bits per heavy atom. The standard InChI is InChI=1S/C27H42O9/c1-6-33-22(30)18-8-10-27(32)17-7-9-25(31)12-16(35-15(2)28)11-20-26(25,14-34-23(3,4)36-20)21(17)19(29)13-24(18,27)5/h16-21,29,31-32H,6-14H2,1-5H3/t16-,17-,18+,19-,20+,21+,24+,25+,26+,27+/m1/s1. The summed E-state index contributed by atoms with van der Waals surface area (Å²) in [5.41, 5.74) is -4.33. The van der Waals surface area contributed by atoms with Crippen molar-refractivity contribution in [1.82, 2.24) is 0 Å². The van der Waals surface area contributed by atoms with E-state index in [4.69, 9.17) is 18.9 Å². The van der Waals surface area contributed by atoms with E-state index in [2.05, 4.69) is 0 Å². The molecule has 9 heteroatoms. The summed E-state index contributed by atoms with van der Waals surface area (Å²) in [7, 11) is 0. The summed E-state index contributed by atoms with van der Waals surface area (Å²) in [5.74, 6) is -2.99. The van der Waals surface area contributed by atoms with Gasteiger partial charge >= 0.3 is 11.9 Å². The lowest BCUT2D eigenvalue weighted by Gasteiger charge is -2.70. The Kier molecular flexibility index (Phi) is 6.13. The molecular weight excluding hydrogens is 468 g/mol. The maximum absolute atomic E-state index is 12.9. The Labute approximate surface area is 212 Å². The van der Waals surface area contributed by atoms with Gasteiger partial charge in [0.05, 0.1) is 48.0 Å². The highest BCUT2D eigenvalue weighted by atomic mass is 16.7. The molecule has 3 N–H and O–H groups in total. The van der Waals surface area contributed by atoms with Crippen LogP contribution >= 0.6 is 0 Å². The van der Waals surface area contributed by atoms with Crippen LogP contribution in [0.25, 0.3) is 0 Å². The molecule has 4 saturated carbocycles. The first-order valence-corrected chi connectivity index (χ1v) is 13.5. The molecule has 0 radical (unpaired) electrons. The van der Waals surface area contributed by atoms with Crippen molar-refractivity contribution in [2.45, 2.75) is 115 Å². The second-order valence-corrected chi connectivity index (χ2v) is 12.7. The molecule has 1 aliphatic heterocycles. The van der Waals surface area contributed by atoms with Crippen molar-refractivity contribution in [3.63, 3.8) is 0 Å². The summed E-state index contributed by atoms with van der Waals surface area (Å²) < 4.78 is 23.5. The number of ether oxygens (including phenoxy) is 4. The zero-order valence-electron chi connectivity index (χ0n) is 22.1. The number of carbonyl (C=O) groups excluding carboxylic acids is 2. The fourth-order valence-corrected chi connectivity index (χ4v) is 9.19. The number of esters is 2. The van der Waals surface area contributed by atoms with Gasteiger partial charge in [0.1, 0.15) is 6.10 Å². The minimum absolute atomic E-state index is 0.167. The van der Waals surface area contributed by atoms with E-state index < -0.39 is 63.9 Å². The molecule has 36 heavy (non-hydrogen) atoms. The van der Waals surface area contributed by atoms with E-state index in [1.54, 1.807) is 6.92 Å². The van der Waals surface area contributed by atoms with Crippen LogP contribution in [0.2, 0.25) is 0 Å².